The molecule has 0 radical (unpaired) electrons. The minimum Gasteiger partial charge on any atom is -0.481 e. The Labute approximate surface area is 254 Å². The van der Waals surface area contributed by atoms with Crippen LogP contribution in [0.5, 0.6) is 0 Å². The smallest absolute Gasteiger partial charge is 0.326 e. The first-order chi connectivity index (χ1) is 19.8. The average Bonchev–Trinajstić information content (AvgIpc) is 2.92. The number of aliphatic hydroxyl groups excluding tert-OH is 1. The molecule has 0 bridgehead atoms. The van der Waals surface area contributed by atoms with Crippen LogP contribution in [-0.2, 0) is 28.8 Å². The molecular formula is C25H46N6O9S2. The largest absolute Gasteiger partial charge is 0.481 e. The van der Waals surface area contributed by atoms with Gasteiger partial charge in [-0.25, -0.2) is 4.79 Å². The number of carboxylic acid groups (broad SMARTS) is 2. The van der Waals surface area contributed by atoms with E-state index < -0.39 is 78.3 Å². The highest BCUT2D eigenvalue weighted by Gasteiger charge is 2.33. The number of unbranched alkanes of at least 4 members (excludes halogenated alkanes) is 1. The normalized spacial score (nSPS) is 15.3. The molecule has 0 heterocycles. The third-order valence-electron chi connectivity index (χ3n) is 6.12. The molecule has 242 valence electrons. The Morgan fingerprint density at radius 3 is 1.71 bits per heavy atom. The number of carbonyl (C=O) groups is 6. The van der Waals surface area contributed by atoms with Crippen molar-refractivity contribution in [3.63, 3.8) is 0 Å². The molecule has 0 fully saturated rings. The van der Waals surface area contributed by atoms with Crippen molar-refractivity contribution in [3.8, 4) is 0 Å². The Morgan fingerprint density at radius 2 is 1.21 bits per heavy atom. The van der Waals surface area contributed by atoms with Gasteiger partial charge in [-0.05, 0) is 69.6 Å². The van der Waals surface area contributed by atoms with E-state index in [0.717, 1.165) is 0 Å². The van der Waals surface area contributed by atoms with Crippen molar-refractivity contribution in [2.24, 2.45) is 11.5 Å². The van der Waals surface area contributed by atoms with E-state index in [0.29, 0.717) is 37.3 Å². The first-order valence-electron chi connectivity index (χ1n) is 13.6. The van der Waals surface area contributed by atoms with Crippen LogP contribution in [-0.4, -0.2) is 118 Å². The van der Waals surface area contributed by atoms with Gasteiger partial charge in [0.1, 0.15) is 24.2 Å². The first-order valence-corrected chi connectivity index (χ1v) is 16.3. The number of hydrogen-bond donors (Lipinski definition) is 9. The lowest BCUT2D eigenvalue weighted by Crippen LogP contribution is -2.60. The molecule has 17 heteroatoms. The van der Waals surface area contributed by atoms with Crippen molar-refractivity contribution in [2.45, 2.75) is 88.2 Å². The molecule has 0 saturated carbocycles. The lowest BCUT2D eigenvalue weighted by molar-refractivity contribution is -0.143. The van der Waals surface area contributed by atoms with Crippen LogP contribution in [0.2, 0.25) is 0 Å². The summed E-state index contributed by atoms with van der Waals surface area (Å²) in [7, 11) is 0. The van der Waals surface area contributed by atoms with Gasteiger partial charge in [0.15, 0.2) is 0 Å². The van der Waals surface area contributed by atoms with Gasteiger partial charge in [-0.1, -0.05) is 6.42 Å². The molecule has 0 aliphatic carbocycles. The van der Waals surface area contributed by atoms with Gasteiger partial charge in [0, 0.05) is 6.42 Å². The zero-order valence-electron chi connectivity index (χ0n) is 24.3. The maximum atomic E-state index is 13.2. The minimum absolute atomic E-state index is 0.0938. The van der Waals surface area contributed by atoms with Crippen LogP contribution in [0.3, 0.4) is 0 Å². The van der Waals surface area contributed by atoms with E-state index in [2.05, 4.69) is 21.3 Å². The van der Waals surface area contributed by atoms with Crippen LogP contribution < -0.4 is 32.7 Å². The quantitative estimate of drug-likeness (QED) is 0.0561. The number of aliphatic carboxylic acids is 2. The summed E-state index contributed by atoms with van der Waals surface area (Å²) in [6.45, 7) is 1.67. The van der Waals surface area contributed by atoms with Crippen molar-refractivity contribution in [2.75, 3.05) is 30.6 Å². The summed E-state index contributed by atoms with van der Waals surface area (Å²) in [5, 5.41) is 38.4. The standard InChI is InChI=1S/C25H46N6O9S2/c1-14(32)20(24(38)30-18(25(39)40)10-13-42-3)31-23(37)17(9-12-41-2)29-22(36)16(7-8-19(33)34)28-21(35)15(27)6-4-5-11-26/h14-18,20,32H,4-13,26-27H2,1-3H3,(H,28,35)(H,29,36)(H,30,38)(H,31,37)(H,33,34)(H,39,40)/t14-,15+,16+,17+,18+,20+/m1/s1. The predicted molar refractivity (Wildman–Crippen MR) is 161 cm³/mol. The van der Waals surface area contributed by atoms with E-state index in [-0.39, 0.29) is 19.3 Å². The van der Waals surface area contributed by atoms with Crippen LogP contribution in [0.4, 0.5) is 0 Å². The van der Waals surface area contributed by atoms with E-state index in [4.69, 9.17) is 16.6 Å². The topological polar surface area (TPSA) is 263 Å². The molecule has 0 unspecified atom stereocenters. The van der Waals surface area contributed by atoms with E-state index in [1.165, 1.54) is 30.4 Å². The predicted octanol–water partition coefficient (Wildman–Crippen LogP) is -1.78. The Hall–Kier alpha value is -2.60. The Balaban J connectivity index is 5.73. The number of aliphatic hydroxyl groups is 1. The van der Waals surface area contributed by atoms with Crippen LogP contribution in [0.15, 0.2) is 0 Å². The zero-order chi connectivity index (χ0) is 32.2. The second-order valence-corrected chi connectivity index (χ2v) is 11.6. The molecule has 6 atom stereocenters. The van der Waals surface area contributed by atoms with Crippen molar-refractivity contribution >= 4 is 59.1 Å². The van der Waals surface area contributed by atoms with Crippen molar-refractivity contribution in [1.29, 1.82) is 0 Å². The fraction of sp³-hybridized carbons (Fsp3) is 0.760. The van der Waals surface area contributed by atoms with E-state index in [1.54, 1.807) is 12.5 Å². The Bertz CT molecular complexity index is 896. The van der Waals surface area contributed by atoms with Gasteiger partial charge in [-0.15, -0.1) is 0 Å². The molecule has 0 spiro atoms. The van der Waals surface area contributed by atoms with Gasteiger partial charge < -0.3 is 48.1 Å². The zero-order valence-corrected chi connectivity index (χ0v) is 25.9. The van der Waals surface area contributed by atoms with Gasteiger partial charge in [0.2, 0.25) is 23.6 Å². The first kappa shape index (κ1) is 39.4. The molecule has 0 aromatic carbocycles. The van der Waals surface area contributed by atoms with Gasteiger partial charge in [-0.3, -0.25) is 24.0 Å². The molecule has 0 aromatic rings. The molecule has 4 amide bonds. The number of amides is 4. The second kappa shape index (κ2) is 22.0. The minimum atomic E-state index is -1.53. The third-order valence-corrected chi connectivity index (χ3v) is 7.41. The number of rotatable bonds is 23. The van der Waals surface area contributed by atoms with Crippen molar-refractivity contribution in [1.82, 2.24) is 21.3 Å². The molecular weight excluding hydrogens is 592 g/mol. The molecule has 15 nitrogen and oxygen atoms in total. The van der Waals surface area contributed by atoms with Crippen LogP contribution in [0.1, 0.15) is 51.9 Å². The van der Waals surface area contributed by atoms with Crippen LogP contribution in [0.25, 0.3) is 0 Å². The van der Waals surface area contributed by atoms with Gasteiger partial charge >= 0.3 is 11.9 Å². The number of thioether (sulfide) groups is 2. The highest BCUT2D eigenvalue weighted by Crippen LogP contribution is 2.08. The lowest BCUT2D eigenvalue weighted by atomic mass is 10.1. The fourth-order valence-corrected chi connectivity index (χ4v) is 4.59. The fourth-order valence-electron chi connectivity index (χ4n) is 3.65. The molecule has 42 heavy (non-hydrogen) atoms. The monoisotopic (exact) mass is 638 g/mol. The maximum absolute atomic E-state index is 13.2. The highest BCUT2D eigenvalue weighted by atomic mass is 32.2. The molecule has 0 rings (SSSR count). The van der Waals surface area contributed by atoms with Gasteiger partial charge in [0.25, 0.3) is 0 Å². The van der Waals surface area contributed by atoms with Gasteiger partial charge in [0.05, 0.1) is 12.1 Å². The third kappa shape index (κ3) is 16.1. The summed E-state index contributed by atoms with van der Waals surface area (Å²) in [6.07, 6.45) is 3.16. The summed E-state index contributed by atoms with van der Waals surface area (Å²) in [4.78, 5) is 74.5. The van der Waals surface area contributed by atoms with Crippen molar-refractivity contribution < 1.29 is 44.1 Å². The Morgan fingerprint density at radius 1 is 0.714 bits per heavy atom. The number of nitrogens with one attached hydrogen (secondary N) is 4. The molecule has 0 aliphatic heterocycles. The summed E-state index contributed by atoms with van der Waals surface area (Å²) >= 11 is 2.76. The lowest BCUT2D eigenvalue weighted by Gasteiger charge is -2.27. The second-order valence-electron chi connectivity index (χ2n) is 9.63. The van der Waals surface area contributed by atoms with E-state index >= 15 is 0 Å². The summed E-state index contributed by atoms with van der Waals surface area (Å²) in [5.74, 6) is -4.88. The number of carbonyl (C=O) groups excluding carboxylic acids is 4. The summed E-state index contributed by atoms with van der Waals surface area (Å²) < 4.78 is 0. The SMILES string of the molecule is CSCC[C@H](NC(=O)[C@@H](NC(=O)[C@H](CCSC)NC(=O)[C@H](CCC(=O)O)NC(=O)[C@@H](N)CCCCN)[C@@H](C)O)C(=O)O. The molecule has 0 aromatic heterocycles. The number of hydrogen-bond acceptors (Lipinski definition) is 11. The maximum Gasteiger partial charge on any atom is 0.326 e. The molecule has 11 N–H and O–H groups in total. The average molecular weight is 639 g/mol. The van der Waals surface area contributed by atoms with Crippen LogP contribution in [0, 0.1) is 0 Å². The van der Waals surface area contributed by atoms with Crippen molar-refractivity contribution in [3.05, 3.63) is 0 Å². The summed E-state index contributed by atoms with van der Waals surface area (Å²) in [6, 6.07) is -6.27. The van der Waals surface area contributed by atoms with E-state index in [9.17, 15) is 39.0 Å². The Kier molecular flexibility index (Phi) is 20.6. The van der Waals surface area contributed by atoms with Crippen LogP contribution >= 0.6 is 23.5 Å². The molecule has 0 saturated heterocycles. The molecule has 0 aliphatic rings. The van der Waals surface area contributed by atoms with Gasteiger partial charge in [-0.2, -0.15) is 23.5 Å². The van der Waals surface area contributed by atoms with E-state index in [1.807, 2.05) is 0 Å². The highest BCUT2D eigenvalue weighted by molar-refractivity contribution is 7.98. The summed E-state index contributed by atoms with van der Waals surface area (Å²) in [5.41, 5.74) is 11.4. The number of carboxylic acids is 2. The number of nitrogens with two attached hydrogens (primary N) is 2.